The number of sulfone groups is 1. The van der Waals surface area contributed by atoms with Crippen LogP contribution in [0.4, 0.5) is 0 Å². The van der Waals surface area contributed by atoms with E-state index in [9.17, 15) is 13.2 Å². The van der Waals surface area contributed by atoms with E-state index in [0.29, 0.717) is 17.9 Å². The quantitative estimate of drug-likeness (QED) is 0.794. The molecular formula is C15H23NO4S. The molecule has 1 N–H and O–H groups in total. The summed E-state index contributed by atoms with van der Waals surface area (Å²) < 4.78 is 24.4. The van der Waals surface area contributed by atoms with Crippen LogP contribution in [0.5, 0.6) is 0 Å². The number of carboxylic acid groups (broad SMARTS) is 1. The fraction of sp³-hybridized carbons (Fsp3) is 0.533. The molecule has 0 aliphatic rings. The molecule has 0 unspecified atom stereocenters. The van der Waals surface area contributed by atoms with Crippen LogP contribution in [0.15, 0.2) is 29.2 Å². The standard InChI is InChI=1S/C15H23NO4S/c1-12(2)16(11-15(17)18)9-4-10-21(19,20)14-7-5-13(3)6-8-14/h5-8,12H,4,9-11H2,1-3H3,(H,17,18). The topological polar surface area (TPSA) is 74.7 Å². The van der Waals surface area contributed by atoms with E-state index in [1.165, 1.54) is 0 Å². The molecular weight excluding hydrogens is 290 g/mol. The second kappa shape index (κ2) is 7.56. The van der Waals surface area contributed by atoms with Crippen molar-refractivity contribution in [2.75, 3.05) is 18.8 Å². The summed E-state index contributed by atoms with van der Waals surface area (Å²) in [4.78, 5) is 12.8. The van der Waals surface area contributed by atoms with Gasteiger partial charge in [0.05, 0.1) is 17.2 Å². The molecule has 5 nitrogen and oxygen atoms in total. The van der Waals surface area contributed by atoms with Crippen LogP contribution in [0.3, 0.4) is 0 Å². The van der Waals surface area contributed by atoms with Gasteiger partial charge in [-0.2, -0.15) is 0 Å². The molecule has 0 bridgehead atoms. The third kappa shape index (κ3) is 5.85. The van der Waals surface area contributed by atoms with Crippen molar-refractivity contribution in [3.8, 4) is 0 Å². The molecule has 1 rings (SSSR count). The Morgan fingerprint density at radius 2 is 1.81 bits per heavy atom. The fourth-order valence-electron chi connectivity index (χ4n) is 2.01. The van der Waals surface area contributed by atoms with Gasteiger partial charge in [-0.15, -0.1) is 0 Å². The molecule has 1 aromatic carbocycles. The van der Waals surface area contributed by atoms with Gasteiger partial charge in [0, 0.05) is 6.04 Å². The van der Waals surface area contributed by atoms with Crippen LogP contribution in [0.2, 0.25) is 0 Å². The van der Waals surface area contributed by atoms with E-state index in [1.807, 2.05) is 20.8 Å². The normalized spacial score (nSPS) is 12.0. The average Bonchev–Trinajstić information content (AvgIpc) is 2.37. The lowest BCUT2D eigenvalue weighted by atomic mass is 10.2. The maximum Gasteiger partial charge on any atom is 0.317 e. The maximum atomic E-state index is 12.2. The minimum atomic E-state index is -3.30. The first-order valence-electron chi connectivity index (χ1n) is 6.97. The Balaban J connectivity index is 2.60. The van der Waals surface area contributed by atoms with Crippen LogP contribution < -0.4 is 0 Å². The van der Waals surface area contributed by atoms with E-state index < -0.39 is 15.8 Å². The molecule has 0 aliphatic carbocycles. The Labute approximate surface area is 126 Å². The summed E-state index contributed by atoms with van der Waals surface area (Å²) >= 11 is 0. The lowest BCUT2D eigenvalue weighted by Crippen LogP contribution is -2.37. The minimum absolute atomic E-state index is 0.0267. The van der Waals surface area contributed by atoms with Crippen LogP contribution in [0.25, 0.3) is 0 Å². The van der Waals surface area contributed by atoms with Crippen molar-refractivity contribution in [1.82, 2.24) is 4.90 Å². The molecule has 118 valence electrons. The summed E-state index contributed by atoms with van der Waals surface area (Å²) in [6.45, 7) is 6.09. The number of benzene rings is 1. The highest BCUT2D eigenvalue weighted by atomic mass is 32.2. The molecule has 21 heavy (non-hydrogen) atoms. The molecule has 0 spiro atoms. The number of hydrogen-bond acceptors (Lipinski definition) is 4. The van der Waals surface area contributed by atoms with E-state index in [1.54, 1.807) is 29.2 Å². The van der Waals surface area contributed by atoms with Crippen LogP contribution >= 0.6 is 0 Å². The first-order chi connectivity index (χ1) is 9.72. The third-order valence-corrected chi connectivity index (χ3v) is 5.12. The highest BCUT2D eigenvalue weighted by molar-refractivity contribution is 7.91. The van der Waals surface area contributed by atoms with Gasteiger partial charge in [-0.1, -0.05) is 17.7 Å². The van der Waals surface area contributed by atoms with Gasteiger partial charge in [-0.3, -0.25) is 9.69 Å². The largest absolute Gasteiger partial charge is 0.480 e. The third-order valence-electron chi connectivity index (χ3n) is 3.31. The first kappa shape index (κ1) is 17.7. The van der Waals surface area contributed by atoms with E-state index in [0.717, 1.165) is 5.56 Å². The van der Waals surface area contributed by atoms with E-state index in [-0.39, 0.29) is 18.3 Å². The molecule has 0 saturated heterocycles. The van der Waals surface area contributed by atoms with Crippen molar-refractivity contribution in [3.05, 3.63) is 29.8 Å². The Kier molecular flexibility index (Phi) is 6.36. The lowest BCUT2D eigenvalue weighted by Gasteiger charge is -2.24. The number of hydrogen-bond donors (Lipinski definition) is 1. The van der Waals surface area contributed by atoms with Gasteiger partial charge in [-0.25, -0.2) is 8.42 Å². The molecule has 0 amide bonds. The van der Waals surface area contributed by atoms with Crippen molar-refractivity contribution < 1.29 is 18.3 Å². The second-order valence-corrected chi connectivity index (χ2v) is 7.55. The van der Waals surface area contributed by atoms with Gasteiger partial charge < -0.3 is 5.11 Å². The molecule has 0 fully saturated rings. The Morgan fingerprint density at radius 3 is 2.29 bits per heavy atom. The average molecular weight is 313 g/mol. The van der Waals surface area contributed by atoms with Crippen molar-refractivity contribution in [2.24, 2.45) is 0 Å². The van der Waals surface area contributed by atoms with Gasteiger partial charge in [-0.05, 0) is 45.9 Å². The Bertz CT molecular complexity index is 564. The highest BCUT2D eigenvalue weighted by Crippen LogP contribution is 2.13. The summed E-state index contributed by atoms with van der Waals surface area (Å²) in [6, 6.07) is 6.85. The van der Waals surface area contributed by atoms with Gasteiger partial charge >= 0.3 is 5.97 Å². The smallest absolute Gasteiger partial charge is 0.317 e. The van der Waals surface area contributed by atoms with Crippen molar-refractivity contribution in [1.29, 1.82) is 0 Å². The van der Waals surface area contributed by atoms with Gasteiger partial charge in [0.25, 0.3) is 0 Å². The number of aliphatic carboxylic acids is 1. The predicted octanol–water partition coefficient (Wildman–Crippen LogP) is 1.95. The molecule has 0 aromatic heterocycles. The number of rotatable bonds is 8. The van der Waals surface area contributed by atoms with Crippen LogP contribution in [-0.4, -0.2) is 49.3 Å². The SMILES string of the molecule is Cc1ccc(S(=O)(=O)CCCN(CC(=O)O)C(C)C)cc1. The fourth-order valence-corrected chi connectivity index (χ4v) is 3.31. The molecule has 0 atom stereocenters. The molecule has 0 radical (unpaired) electrons. The van der Waals surface area contributed by atoms with Crippen LogP contribution in [-0.2, 0) is 14.6 Å². The molecule has 1 aromatic rings. The van der Waals surface area contributed by atoms with Crippen LogP contribution in [0.1, 0.15) is 25.8 Å². The predicted molar refractivity (Wildman–Crippen MR) is 82.2 cm³/mol. The van der Waals surface area contributed by atoms with Gasteiger partial charge in [0.2, 0.25) is 0 Å². The zero-order valence-corrected chi connectivity index (χ0v) is 13.6. The minimum Gasteiger partial charge on any atom is -0.480 e. The molecule has 0 heterocycles. The summed E-state index contributed by atoms with van der Waals surface area (Å²) in [5.41, 5.74) is 1.02. The first-order valence-corrected chi connectivity index (χ1v) is 8.63. The number of aryl methyl sites for hydroxylation is 1. The zero-order valence-electron chi connectivity index (χ0n) is 12.7. The molecule has 6 heteroatoms. The number of nitrogens with zero attached hydrogens (tertiary/aromatic N) is 1. The molecule has 0 aliphatic heterocycles. The summed E-state index contributed by atoms with van der Waals surface area (Å²) in [7, 11) is -3.30. The van der Waals surface area contributed by atoms with Crippen molar-refractivity contribution >= 4 is 15.8 Å². The second-order valence-electron chi connectivity index (χ2n) is 5.44. The maximum absolute atomic E-state index is 12.2. The van der Waals surface area contributed by atoms with Crippen LogP contribution in [0, 0.1) is 6.92 Å². The highest BCUT2D eigenvalue weighted by Gasteiger charge is 2.17. The van der Waals surface area contributed by atoms with Gasteiger partial charge in [0.15, 0.2) is 9.84 Å². The summed E-state index contributed by atoms with van der Waals surface area (Å²) in [5, 5.41) is 8.84. The number of carboxylic acids is 1. The monoisotopic (exact) mass is 313 g/mol. The van der Waals surface area contributed by atoms with E-state index >= 15 is 0 Å². The van der Waals surface area contributed by atoms with Gasteiger partial charge in [0.1, 0.15) is 0 Å². The zero-order chi connectivity index (χ0) is 16.0. The Hall–Kier alpha value is -1.40. The summed E-state index contributed by atoms with van der Waals surface area (Å²) in [6.07, 6.45) is 0.418. The van der Waals surface area contributed by atoms with E-state index in [2.05, 4.69) is 0 Å². The van der Waals surface area contributed by atoms with E-state index in [4.69, 9.17) is 5.11 Å². The summed E-state index contributed by atoms with van der Waals surface area (Å²) in [5.74, 6) is -0.871. The Morgan fingerprint density at radius 1 is 1.24 bits per heavy atom. The molecule has 0 saturated carbocycles. The van der Waals surface area contributed by atoms with Crippen molar-refractivity contribution in [3.63, 3.8) is 0 Å². The number of carbonyl (C=O) groups is 1. The van der Waals surface area contributed by atoms with Crippen molar-refractivity contribution in [2.45, 2.75) is 38.1 Å². The lowest BCUT2D eigenvalue weighted by molar-refractivity contribution is -0.138.